The van der Waals surface area contributed by atoms with Crippen LogP contribution in [0, 0.1) is 13.8 Å². The molecule has 2 nitrogen and oxygen atoms in total. The largest absolute Gasteiger partial charge is 0.214 e. The summed E-state index contributed by atoms with van der Waals surface area (Å²) in [6.07, 6.45) is 1.93. The van der Waals surface area contributed by atoms with Gasteiger partial charge in [-0.3, -0.25) is 0 Å². The van der Waals surface area contributed by atoms with Crippen molar-refractivity contribution >= 4 is 63.0 Å². The third kappa shape index (κ3) is 4.28. The molecule has 4 heteroatoms. The van der Waals surface area contributed by atoms with E-state index >= 15 is 0 Å². The molecule has 0 saturated carbocycles. The number of pyridine rings is 2. The van der Waals surface area contributed by atoms with Gasteiger partial charge in [0.1, 0.15) is 14.1 Å². The number of fused-ring (bicyclic) bond motifs is 6. The summed E-state index contributed by atoms with van der Waals surface area (Å²) in [6, 6.07) is 40.3. The summed E-state index contributed by atoms with van der Waals surface area (Å²) in [7, 11) is 4.47. The van der Waals surface area contributed by atoms with E-state index in [0.29, 0.717) is 0 Å². The van der Waals surface area contributed by atoms with Crippen LogP contribution in [0.4, 0.5) is 0 Å². The third-order valence-corrected chi connectivity index (χ3v) is 11.7. The van der Waals surface area contributed by atoms with Crippen LogP contribution >= 0.6 is 22.7 Å². The minimum Gasteiger partial charge on any atom is -0.198 e. The Morgan fingerprint density at radius 3 is 1.34 bits per heavy atom. The van der Waals surface area contributed by atoms with E-state index in [-0.39, 0.29) is 0 Å². The molecule has 8 aromatic rings. The van der Waals surface area contributed by atoms with Gasteiger partial charge in [0.05, 0.1) is 11.1 Å². The Bertz CT molecular complexity index is 2220. The Hall–Kier alpha value is -4.38. The molecule has 0 atom stereocenters. The molecule has 0 amide bonds. The topological polar surface area (TPSA) is 7.76 Å². The van der Waals surface area contributed by atoms with Crippen molar-refractivity contribution in [2.45, 2.75) is 26.7 Å². The van der Waals surface area contributed by atoms with E-state index < -0.39 is 0 Å². The molecule has 44 heavy (non-hydrogen) atoms. The maximum absolute atomic E-state index is 2.41. The number of benzene rings is 4. The van der Waals surface area contributed by atoms with Crippen molar-refractivity contribution in [2.24, 2.45) is 14.1 Å². The second-order valence-corrected chi connectivity index (χ2v) is 14.0. The van der Waals surface area contributed by atoms with Crippen molar-refractivity contribution in [1.82, 2.24) is 0 Å². The van der Waals surface area contributed by atoms with Crippen LogP contribution in [0.3, 0.4) is 0 Å². The van der Waals surface area contributed by atoms with E-state index in [1.165, 1.54) is 85.4 Å². The summed E-state index contributed by atoms with van der Waals surface area (Å²) in [6.45, 7) is 4.49. The Labute approximate surface area is 266 Å². The average molecular weight is 607 g/mol. The van der Waals surface area contributed by atoms with Crippen LogP contribution < -0.4 is 9.13 Å². The van der Waals surface area contributed by atoms with Crippen molar-refractivity contribution in [3.63, 3.8) is 0 Å². The fraction of sp³-hybridized carbons (Fsp3) is 0.150. The maximum atomic E-state index is 2.41. The number of hydrogen-bond acceptors (Lipinski definition) is 2. The number of aromatic nitrogens is 2. The van der Waals surface area contributed by atoms with Gasteiger partial charge in [0, 0.05) is 77.5 Å². The zero-order valence-corrected chi connectivity index (χ0v) is 27.2. The van der Waals surface area contributed by atoms with Crippen molar-refractivity contribution in [3.8, 4) is 22.5 Å². The van der Waals surface area contributed by atoms with Crippen LogP contribution in [0.1, 0.15) is 22.5 Å². The molecule has 4 aromatic carbocycles. The van der Waals surface area contributed by atoms with Gasteiger partial charge in [-0.05, 0) is 49.2 Å². The first kappa shape index (κ1) is 27.2. The molecule has 0 fully saturated rings. The highest BCUT2D eigenvalue weighted by molar-refractivity contribution is 7.26. The number of thiophene rings is 2. The van der Waals surface area contributed by atoms with Gasteiger partial charge >= 0.3 is 0 Å². The minimum absolute atomic E-state index is 0.967. The van der Waals surface area contributed by atoms with Gasteiger partial charge in [-0.2, -0.15) is 9.13 Å². The van der Waals surface area contributed by atoms with E-state index in [4.69, 9.17) is 0 Å². The Morgan fingerprint density at radius 2 is 0.886 bits per heavy atom. The van der Waals surface area contributed by atoms with Crippen LogP contribution in [0.25, 0.3) is 62.9 Å². The first-order chi connectivity index (χ1) is 21.5. The quantitative estimate of drug-likeness (QED) is 0.172. The molecule has 0 aliphatic heterocycles. The predicted octanol–water partition coefficient (Wildman–Crippen LogP) is 9.81. The lowest BCUT2D eigenvalue weighted by Gasteiger charge is -2.10. The molecule has 0 N–H and O–H groups in total. The zero-order chi connectivity index (χ0) is 29.9. The summed E-state index contributed by atoms with van der Waals surface area (Å²) < 4.78 is 10.3. The molecule has 0 bridgehead atoms. The molecule has 4 heterocycles. The van der Waals surface area contributed by atoms with Gasteiger partial charge in [0.25, 0.3) is 0 Å². The highest BCUT2D eigenvalue weighted by Gasteiger charge is 2.24. The van der Waals surface area contributed by atoms with Gasteiger partial charge in [-0.25, -0.2) is 0 Å². The molecule has 0 aliphatic rings. The van der Waals surface area contributed by atoms with Gasteiger partial charge in [-0.1, -0.05) is 60.7 Å². The maximum Gasteiger partial charge on any atom is 0.214 e. The Balaban J connectivity index is 1.17. The molecule has 4 aromatic heterocycles. The minimum atomic E-state index is 0.967. The highest BCUT2D eigenvalue weighted by Crippen LogP contribution is 2.42. The second-order valence-electron chi connectivity index (χ2n) is 11.9. The number of hydrogen-bond donors (Lipinski definition) is 0. The predicted molar refractivity (Wildman–Crippen MR) is 189 cm³/mol. The number of nitrogens with zero attached hydrogens (tertiary/aromatic N) is 2. The highest BCUT2D eigenvalue weighted by atomic mass is 32.1. The van der Waals surface area contributed by atoms with Crippen LogP contribution in [0.15, 0.2) is 109 Å². The van der Waals surface area contributed by atoms with Crippen LogP contribution in [-0.2, 0) is 26.9 Å². The fourth-order valence-corrected chi connectivity index (χ4v) is 9.55. The van der Waals surface area contributed by atoms with Crippen molar-refractivity contribution < 1.29 is 9.13 Å². The summed E-state index contributed by atoms with van der Waals surface area (Å²) >= 11 is 3.82. The summed E-state index contributed by atoms with van der Waals surface area (Å²) in [4.78, 5) is 0. The van der Waals surface area contributed by atoms with Gasteiger partial charge in [0.2, 0.25) is 11.4 Å². The molecule has 0 saturated heterocycles. The monoisotopic (exact) mass is 606 g/mol. The Kier molecular flexibility index (Phi) is 6.58. The van der Waals surface area contributed by atoms with Crippen molar-refractivity contribution in [2.75, 3.05) is 0 Å². The number of rotatable bonds is 5. The van der Waals surface area contributed by atoms with E-state index in [0.717, 1.165) is 12.8 Å². The van der Waals surface area contributed by atoms with Crippen LogP contribution in [-0.4, -0.2) is 0 Å². The van der Waals surface area contributed by atoms with Crippen molar-refractivity contribution in [3.05, 3.63) is 132 Å². The molecule has 8 rings (SSSR count). The molecular weight excluding hydrogens is 573 g/mol. The second kappa shape index (κ2) is 10.7. The molecule has 214 valence electrons. The van der Waals surface area contributed by atoms with Gasteiger partial charge < -0.3 is 0 Å². The first-order valence-corrected chi connectivity index (χ1v) is 16.9. The lowest BCUT2D eigenvalue weighted by molar-refractivity contribution is -0.672. The molecule has 0 radical (unpaired) electrons. The van der Waals surface area contributed by atoms with Crippen LogP contribution in [0.5, 0.6) is 0 Å². The molecular formula is C40H34N2S2+2. The van der Waals surface area contributed by atoms with E-state index in [1.54, 1.807) is 0 Å². The summed E-state index contributed by atoms with van der Waals surface area (Å²) in [5, 5.41) is 5.40. The third-order valence-electron chi connectivity index (χ3n) is 9.33. The van der Waals surface area contributed by atoms with Gasteiger partial charge in [0.15, 0.2) is 11.4 Å². The lowest BCUT2D eigenvalue weighted by Crippen LogP contribution is -2.39. The SMILES string of the molecule is Cc1ccc2c(sc3ccccc32)c1-c1cccc(CCc2cccc(-c3c(C)ccc4c3sc3ccccc34)[n+]2C)[n+]1C. The number of aryl methyl sites for hydroxylation is 4. The normalized spacial score (nSPS) is 11.8. The molecule has 0 spiro atoms. The van der Waals surface area contributed by atoms with E-state index in [1.807, 2.05) is 22.7 Å². The van der Waals surface area contributed by atoms with Crippen molar-refractivity contribution in [1.29, 1.82) is 0 Å². The summed E-state index contributed by atoms with van der Waals surface area (Å²) in [5.41, 5.74) is 10.6. The van der Waals surface area contributed by atoms with Gasteiger partial charge in [-0.15, -0.1) is 22.7 Å². The molecule has 0 aliphatic carbocycles. The molecule has 0 unspecified atom stereocenters. The first-order valence-electron chi connectivity index (χ1n) is 15.3. The lowest BCUT2D eigenvalue weighted by atomic mass is 9.99. The Morgan fingerprint density at radius 1 is 0.455 bits per heavy atom. The standard InChI is InChI=1S/C40H34N2S2/c1-25-19-23-31-29-13-5-7-17-35(29)43-39(31)37(25)33-15-9-11-27(41(33)3)21-22-28-12-10-16-34(42(28)4)38-26(2)20-24-32-30-14-6-8-18-36(30)44-40(32)38/h5-20,23-24H,21-22H2,1-4H3/q+2. The van der Waals surface area contributed by atoms with E-state index in [2.05, 4.69) is 146 Å². The smallest absolute Gasteiger partial charge is 0.198 e. The van der Waals surface area contributed by atoms with E-state index in [9.17, 15) is 0 Å². The zero-order valence-electron chi connectivity index (χ0n) is 25.5. The average Bonchev–Trinajstić information content (AvgIpc) is 3.60. The fourth-order valence-electron chi connectivity index (χ4n) is 6.93. The van der Waals surface area contributed by atoms with Crippen LogP contribution in [0.2, 0.25) is 0 Å². The summed E-state index contributed by atoms with van der Waals surface area (Å²) in [5.74, 6) is 0.